The van der Waals surface area contributed by atoms with Crippen LogP contribution in [0, 0.1) is 0 Å². The minimum absolute atomic E-state index is 0.425. The summed E-state index contributed by atoms with van der Waals surface area (Å²) in [5, 5.41) is 38.9. The lowest BCUT2D eigenvalue weighted by Gasteiger charge is -2.15. The maximum atomic E-state index is 10.6. The van der Waals surface area contributed by atoms with Gasteiger partial charge in [-0.25, -0.2) is 14.6 Å². The van der Waals surface area contributed by atoms with E-state index < -0.39 is 31.1 Å². The first-order valence-electron chi connectivity index (χ1n) is 10.2. The van der Waals surface area contributed by atoms with Crippen molar-refractivity contribution < 1.29 is 20.1 Å². The first-order chi connectivity index (χ1) is 15.7. The second kappa shape index (κ2) is 8.60. The highest BCUT2D eigenvalue weighted by Gasteiger charge is 2.45. The maximum absolute atomic E-state index is 10.6. The van der Waals surface area contributed by atoms with Crippen LogP contribution in [0.25, 0.3) is 22.3 Å². The zero-order valence-corrected chi connectivity index (χ0v) is 17.0. The Bertz CT molecular complexity index is 1200. The lowest BCUT2D eigenvalue weighted by molar-refractivity contribution is -0.0565. The van der Waals surface area contributed by atoms with Crippen LogP contribution < -0.4 is 5.32 Å². The third-order valence-electron chi connectivity index (χ3n) is 5.46. The Kier molecular flexibility index (Phi) is 5.50. The SMILES string of the molecule is OC[C@H]1O[C@@H](n2nc(-c3ccccc3)c3c(NCc4ccccn4)ncnc32)[C@@H](O)[C@H]1O. The average molecular weight is 434 g/mol. The molecule has 0 bridgehead atoms. The van der Waals surface area contributed by atoms with Gasteiger partial charge in [-0.05, 0) is 12.1 Å². The average Bonchev–Trinajstić information content (AvgIpc) is 3.37. The predicted molar refractivity (Wildman–Crippen MR) is 115 cm³/mol. The number of aromatic nitrogens is 5. The molecule has 4 aromatic rings. The van der Waals surface area contributed by atoms with Gasteiger partial charge in [0.1, 0.15) is 36.2 Å². The lowest BCUT2D eigenvalue weighted by Crippen LogP contribution is -2.33. The molecule has 3 aromatic heterocycles. The molecule has 1 saturated heterocycles. The van der Waals surface area contributed by atoms with Crippen LogP contribution in [0.4, 0.5) is 5.82 Å². The molecule has 10 nitrogen and oxygen atoms in total. The number of benzene rings is 1. The molecule has 0 aliphatic carbocycles. The van der Waals surface area contributed by atoms with E-state index in [-0.39, 0.29) is 0 Å². The number of aliphatic hydroxyl groups is 3. The summed E-state index contributed by atoms with van der Waals surface area (Å²) in [4.78, 5) is 13.1. The molecule has 10 heteroatoms. The molecule has 0 radical (unpaired) electrons. The first-order valence-corrected chi connectivity index (χ1v) is 10.2. The van der Waals surface area contributed by atoms with Crippen molar-refractivity contribution >= 4 is 16.9 Å². The monoisotopic (exact) mass is 434 g/mol. The minimum Gasteiger partial charge on any atom is -0.394 e. The summed E-state index contributed by atoms with van der Waals surface area (Å²) >= 11 is 0. The Balaban J connectivity index is 1.62. The van der Waals surface area contributed by atoms with Gasteiger partial charge in [-0.3, -0.25) is 4.98 Å². The molecule has 0 unspecified atom stereocenters. The number of pyridine rings is 1. The molecule has 1 aliphatic rings. The van der Waals surface area contributed by atoms with Crippen LogP contribution in [0.1, 0.15) is 11.9 Å². The molecule has 0 amide bonds. The highest BCUT2D eigenvalue weighted by Crippen LogP contribution is 2.36. The van der Waals surface area contributed by atoms with Gasteiger partial charge < -0.3 is 25.4 Å². The number of hydrogen-bond acceptors (Lipinski definition) is 9. The molecular formula is C22H22N6O4. The molecule has 32 heavy (non-hydrogen) atoms. The van der Waals surface area contributed by atoms with Gasteiger partial charge in [0.25, 0.3) is 0 Å². The number of ether oxygens (including phenoxy) is 1. The van der Waals surface area contributed by atoms with E-state index >= 15 is 0 Å². The smallest absolute Gasteiger partial charge is 0.181 e. The number of nitrogens with one attached hydrogen (secondary N) is 1. The van der Waals surface area contributed by atoms with Gasteiger partial charge in [0, 0.05) is 11.8 Å². The summed E-state index contributed by atoms with van der Waals surface area (Å²) < 4.78 is 7.15. The summed E-state index contributed by atoms with van der Waals surface area (Å²) in [7, 11) is 0. The van der Waals surface area contributed by atoms with Crippen LogP contribution in [0.5, 0.6) is 0 Å². The van der Waals surface area contributed by atoms with Crippen molar-refractivity contribution in [3.63, 3.8) is 0 Å². The van der Waals surface area contributed by atoms with Crippen LogP contribution in [0.2, 0.25) is 0 Å². The first kappa shape index (κ1) is 20.5. The lowest BCUT2D eigenvalue weighted by atomic mass is 10.1. The largest absolute Gasteiger partial charge is 0.394 e. The van der Waals surface area contributed by atoms with Gasteiger partial charge >= 0.3 is 0 Å². The minimum atomic E-state index is -1.28. The Morgan fingerprint density at radius 3 is 2.50 bits per heavy atom. The number of rotatable bonds is 6. The van der Waals surface area contributed by atoms with Crippen molar-refractivity contribution in [1.29, 1.82) is 0 Å². The molecular weight excluding hydrogens is 412 g/mol. The molecule has 1 fully saturated rings. The normalized spacial score (nSPS) is 23.0. The van der Waals surface area contributed by atoms with E-state index in [9.17, 15) is 15.3 Å². The fraction of sp³-hybridized carbons (Fsp3) is 0.273. The van der Waals surface area contributed by atoms with Crippen molar-refractivity contribution in [2.24, 2.45) is 0 Å². The summed E-state index contributed by atoms with van der Waals surface area (Å²) in [6.07, 6.45) is -1.33. The Morgan fingerprint density at radius 2 is 1.78 bits per heavy atom. The Morgan fingerprint density at radius 1 is 0.969 bits per heavy atom. The topological polar surface area (TPSA) is 138 Å². The van der Waals surface area contributed by atoms with Crippen molar-refractivity contribution in [1.82, 2.24) is 24.7 Å². The van der Waals surface area contributed by atoms with E-state index in [1.165, 1.54) is 11.0 Å². The highest BCUT2D eigenvalue weighted by molar-refractivity contribution is 5.99. The van der Waals surface area contributed by atoms with Gasteiger partial charge in [0.15, 0.2) is 11.9 Å². The van der Waals surface area contributed by atoms with E-state index in [2.05, 4.69) is 20.3 Å². The summed E-state index contributed by atoms with van der Waals surface area (Å²) in [6, 6.07) is 15.2. The van der Waals surface area contributed by atoms with Crippen LogP contribution in [0.15, 0.2) is 61.1 Å². The summed E-state index contributed by atoms with van der Waals surface area (Å²) in [5.74, 6) is 0.553. The van der Waals surface area contributed by atoms with Crippen molar-refractivity contribution in [3.8, 4) is 11.3 Å². The van der Waals surface area contributed by atoms with Gasteiger partial charge in [-0.1, -0.05) is 36.4 Å². The molecule has 4 heterocycles. The van der Waals surface area contributed by atoms with Crippen molar-refractivity contribution in [2.45, 2.75) is 31.1 Å². The zero-order chi connectivity index (χ0) is 22.1. The van der Waals surface area contributed by atoms with Crippen LogP contribution in [0.3, 0.4) is 0 Å². The number of fused-ring (bicyclic) bond motifs is 1. The standard InChI is InChI=1S/C22H22N6O4/c29-11-15-18(30)19(31)22(32-15)28-21-16(17(27-28)13-6-2-1-3-7-13)20(25-12-26-21)24-10-14-8-4-5-9-23-14/h1-9,12,15,18-19,22,29-31H,10-11H2,(H,24,25,26)/t15-,18+,19+,22-/m1/s1. The number of aliphatic hydroxyl groups excluding tert-OH is 3. The van der Waals surface area contributed by atoms with Gasteiger partial charge in [0.2, 0.25) is 0 Å². The molecule has 4 atom stereocenters. The quantitative estimate of drug-likeness (QED) is 0.351. The fourth-order valence-electron chi connectivity index (χ4n) is 3.84. The third kappa shape index (κ3) is 3.59. The molecule has 164 valence electrons. The maximum Gasteiger partial charge on any atom is 0.181 e. The van der Waals surface area contributed by atoms with Crippen LogP contribution >= 0.6 is 0 Å². The number of nitrogens with zero attached hydrogens (tertiary/aromatic N) is 5. The van der Waals surface area contributed by atoms with E-state index in [1.54, 1.807) is 6.20 Å². The number of hydrogen-bond donors (Lipinski definition) is 4. The number of anilines is 1. The fourth-order valence-corrected chi connectivity index (χ4v) is 3.84. The predicted octanol–water partition coefficient (Wildman–Crippen LogP) is 1.11. The van der Waals surface area contributed by atoms with E-state index in [0.717, 1.165) is 11.3 Å². The van der Waals surface area contributed by atoms with E-state index in [1.807, 2.05) is 48.5 Å². The van der Waals surface area contributed by atoms with Crippen molar-refractivity contribution in [3.05, 3.63) is 66.7 Å². The summed E-state index contributed by atoms with van der Waals surface area (Å²) in [5.41, 5.74) is 2.70. The van der Waals surface area contributed by atoms with E-state index in [4.69, 9.17) is 9.84 Å². The Hall–Kier alpha value is -3.44. The molecule has 0 saturated carbocycles. The summed E-state index contributed by atoms with van der Waals surface area (Å²) in [6.45, 7) is 0.0194. The van der Waals surface area contributed by atoms with Crippen molar-refractivity contribution in [2.75, 3.05) is 11.9 Å². The van der Waals surface area contributed by atoms with Crippen LogP contribution in [-0.4, -0.2) is 65.0 Å². The Labute approximate surface area is 183 Å². The highest BCUT2D eigenvalue weighted by atomic mass is 16.6. The third-order valence-corrected chi connectivity index (χ3v) is 5.46. The molecule has 5 rings (SSSR count). The zero-order valence-electron chi connectivity index (χ0n) is 17.0. The molecule has 0 spiro atoms. The molecule has 4 N–H and O–H groups in total. The van der Waals surface area contributed by atoms with E-state index in [0.29, 0.717) is 29.1 Å². The van der Waals surface area contributed by atoms with Gasteiger partial charge in [-0.2, -0.15) is 5.10 Å². The second-order valence-corrected chi connectivity index (χ2v) is 7.48. The van der Waals surface area contributed by atoms with Gasteiger partial charge in [0.05, 0.1) is 24.2 Å². The molecule has 1 aromatic carbocycles. The molecule has 1 aliphatic heterocycles. The van der Waals surface area contributed by atoms with Crippen LogP contribution in [-0.2, 0) is 11.3 Å². The second-order valence-electron chi connectivity index (χ2n) is 7.48. The van der Waals surface area contributed by atoms with Gasteiger partial charge in [-0.15, -0.1) is 0 Å².